The van der Waals surface area contributed by atoms with Gasteiger partial charge in [-0.3, -0.25) is 4.79 Å². The lowest BCUT2D eigenvalue weighted by atomic mass is 10.0. The monoisotopic (exact) mass is 517 g/mol. The summed E-state index contributed by atoms with van der Waals surface area (Å²) in [5.74, 6) is -2.55. The number of halogens is 3. The summed E-state index contributed by atoms with van der Waals surface area (Å²) in [6.07, 6.45) is 2.82. The third-order valence-corrected chi connectivity index (χ3v) is 6.60. The van der Waals surface area contributed by atoms with Gasteiger partial charge in [0.2, 0.25) is 5.95 Å². The van der Waals surface area contributed by atoms with Crippen molar-refractivity contribution in [2.24, 2.45) is 5.10 Å². The predicted molar refractivity (Wildman–Crippen MR) is 127 cm³/mol. The van der Waals surface area contributed by atoms with Gasteiger partial charge in [-0.1, -0.05) is 0 Å². The van der Waals surface area contributed by atoms with Crippen LogP contribution >= 0.6 is 0 Å². The van der Waals surface area contributed by atoms with E-state index >= 15 is 0 Å². The van der Waals surface area contributed by atoms with Gasteiger partial charge in [0.1, 0.15) is 11.6 Å². The van der Waals surface area contributed by atoms with Gasteiger partial charge in [0.15, 0.2) is 11.5 Å². The van der Waals surface area contributed by atoms with E-state index in [1.165, 1.54) is 22.0 Å². The Morgan fingerprint density at radius 3 is 2.41 bits per heavy atom. The average Bonchev–Trinajstić information content (AvgIpc) is 3.35. The highest BCUT2D eigenvalue weighted by Gasteiger charge is 2.36. The van der Waals surface area contributed by atoms with E-state index in [1.54, 1.807) is 16.0 Å². The van der Waals surface area contributed by atoms with Crippen LogP contribution in [0.5, 0.6) is 0 Å². The number of hydrazone groups is 1. The summed E-state index contributed by atoms with van der Waals surface area (Å²) < 4.78 is 47.3. The van der Waals surface area contributed by atoms with Crippen molar-refractivity contribution >= 4 is 24.1 Å². The summed E-state index contributed by atoms with van der Waals surface area (Å²) in [6.45, 7) is 4.46. The Morgan fingerprint density at radius 2 is 1.73 bits per heavy atom. The maximum absolute atomic E-state index is 14.4. The molecule has 0 aliphatic carbocycles. The first-order valence-electron chi connectivity index (χ1n) is 12.1. The van der Waals surface area contributed by atoms with Crippen LogP contribution in [0.4, 0.5) is 23.9 Å². The molecule has 1 atom stereocenters. The molecule has 0 saturated carbocycles. The minimum absolute atomic E-state index is 0.0524. The number of anilines is 1. The van der Waals surface area contributed by atoms with Gasteiger partial charge in [-0.05, 0) is 24.6 Å². The second kappa shape index (κ2) is 10.3. The number of piperazine rings is 1. The minimum Gasteiger partial charge on any atom is -0.375 e. The van der Waals surface area contributed by atoms with Gasteiger partial charge < -0.3 is 19.4 Å². The summed E-state index contributed by atoms with van der Waals surface area (Å²) >= 11 is 0. The van der Waals surface area contributed by atoms with E-state index in [1.807, 2.05) is 6.92 Å². The third kappa shape index (κ3) is 5.08. The van der Waals surface area contributed by atoms with Gasteiger partial charge in [0, 0.05) is 64.6 Å². The Labute approximate surface area is 211 Å². The number of likely N-dealkylation sites (tertiary alicyclic amines) is 1. The fraction of sp³-hybridized carbons (Fsp3) is 0.458. The molecule has 0 bridgehead atoms. The van der Waals surface area contributed by atoms with Crippen LogP contribution in [0.25, 0.3) is 0 Å². The van der Waals surface area contributed by atoms with Crippen LogP contribution in [0.2, 0.25) is 0 Å². The molecule has 2 fully saturated rings. The predicted octanol–water partition coefficient (Wildman–Crippen LogP) is 2.43. The fourth-order valence-electron chi connectivity index (χ4n) is 4.64. The molecule has 2 saturated heterocycles. The number of ether oxygens (including phenoxy) is 1. The Morgan fingerprint density at radius 1 is 1.03 bits per heavy atom. The number of carbonyl (C=O) groups is 2. The molecule has 2 aromatic rings. The number of urea groups is 1. The van der Waals surface area contributed by atoms with Crippen molar-refractivity contribution in [3.05, 3.63) is 53.1 Å². The molecule has 0 N–H and O–H groups in total. The number of carbonyl (C=O) groups excluding carboxylic acids is 2. The van der Waals surface area contributed by atoms with Crippen molar-refractivity contribution in [1.82, 2.24) is 24.8 Å². The molecule has 3 aliphatic rings. The van der Waals surface area contributed by atoms with Gasteiger partial charge >= 0.3 is 6.03 Å². The van der Waals surface area contributed by atoms with Crippen LogP contribution in [-0.2, 0) is 4.74 Å². The second-order valence-electron chi connectivity index (χ2n) is 9.01. The molecular formula is C24H26F3N7O3. The molecule has 1 aromatic carbocycles. The average molecular weight is 518 g/mol. The smallest absolute Gasteiger partial charge is 0.341 e. The SMILES string of the molecule is CCOC1CN(C(=O)c2nc(N3CCN(C(=O)N4N=CCC4c4cc(F)cc(F)c4)CC3)ncc2F)C1. The van der Waals surface area contributed by atoms with Crippen LogP contribution in [-0.4, -0.2) is 94.9 Å². The lowest BCUT2D eigenvalue weighted by molar-refractivity contribution is -0.0382. The van der Waals surface area contributed by atoms with Crippen molar-refractivity contribution in [3.8, 4) is 0 Å². The number of hydrogen-bond donors (Lipinski definition) is 0. The molecule has 0 radical (unpaired) electrons. The lowest BCUT2D eigenvalue weighted by Gasteiger charge is -2.39. The minimum atomic E-state index is -0.797. The highest BCUT2D eigenvalue weighted by atomic mass is 19.1. The zero-order valence-electron chi connectivity index (χ0n) is 20.2. The Bertz CT molecular complexity index is 1200. The molecule has 10 nitrogen and oxygen atoms in total. The first-order chi connectivity index (χ1) is 17.8. The summed E-state index contributed by atoms with van der Waals surface area (Å²) in [5, 5.41) is 5.37. The quantitative estimate of drug-likeness (QED) is 0.605. The normalized spacial score (nSPS) is 19.9. The molecule has 13 heteroatoms. The zero-order valence-corrected chi connectivity index (χ0v) is 20.2. The number of nitrogens with zero attached hydrogens (tertiary/aromatic N) is 7. The number of aromatic nitrogens is 2. The topological polar surface area (TPSA) is 94.5 Å². The Kier molecular flexibility index (Phi) is 6.96. The molecule has 1 unspecified atom stereocenters. The van der Waals surface area contributed by atoms with E-state index in [4.69, 9.17) is 4.74 Å². The highest BCUT2D eigenvalue weighted by Crippen LogP contribution is 2.30. The van der Waals surface area contributed by atoms with E-state index in [2.05, 4.69) is 15.1 Å². The fourth-order valence-corrected chi connectivity index (χ4v) is 4.64. The van der Waals surface area contributed by atoms with Gasteiger partial charge in [0.05, 0.1) is 18.3 Å². The maximum Gasteiger partial charge on any atom is 0.341 e. The number of amides is 3. The van der Waals surface area contributed by atoms with E-state index in [0.717, 1.165) is 12.3 Å². The van der Waals surface area contributed by atoms with Crippen molar-refractivity contribution in [2.75, 3.05) is 50.8 Å². The Balaban J connectivity index is 1.21. The first-order valence-corrected chi connectivity index (χ1v) is 12.1. The summed E-state index contributed by atoms with van der Waals surface area (Å²) in [6, 6.07) is 2.18. The van der Waals surface area contributed by atoms with Crippen molar-refractivity contribution in [1.29, 1.82) is 0 Å². The Hall–Kier alpha value is -3.74. The summed E-state index contributed by atoms with van der Waals surface area (Å²) in [4.78, 5) is 38.9. The van der Waals surface area contributed by atoms with Gasteiger partial charge in [-0.15, -0.1) is 0 Å². The molecule has 1 aromatic heterocycles. The van der Waals surface area contributed by atoms with Crippen LogP contribution in [0, 0.1) is 17.5 Å². The molecular weight excluding hydrogens is 491 g/mol. The van der Waals surface area contributed by atoms with Crippen LogP contribution in [0.1, 0.15) is 35.4 Å². The third-order valence-electron chi connectivity index (χ3n) is 6.60. The van der Waals surface area contributed by atoms with Crippen molar-refractivity contribution < 1.29 is 27.5 Å². The van der Waals surface area contributed by atoms with Gasteiger partial charge in [-0.25, -0.2) is 32.9 Å². The number of rotatable bonds is 5. The summed E-state index contributed by atoms with van der Waals surface area (Å²) in [5.41, 5.74) is 0.0312. The van der Waals surface area contributed by atoms with Crippen LogP contribution in [0.3, 0.4) is 0 Å². The highest BCUT2D eigenvalue weighted by molar-refractivity contribution is 5.93. The molecule has 4 heterocycles. The molecule has 3 amide bonds. The second-order valence-corrected chi connectivity index (χ2v) is 9.01. The standard InChI is InChI=1S/C24H26F3N7O3/c1-2-37-18-13-33(14-18)22(35)21-19(27)12-28-23(30-21)31-5-7-32(8-6-31)24(36)34-20(3-4-29-34)15-9-16(25)11-17(26)10-15/h4,9-12,18,20H,2-3,5-8,13-14H2,1H3. The zero-order chi connectivity index (χ0) is 26.1. The van der Waals surface area contributed by atoms with Crippen molar-refractivity contribution in [2.45, 2.75) is 25.5 Å². The van der Waals surface area contributed by atoms with E-state index < -0.39 is 29.4 Å². The van der Waals surface area contributed by atoms with Gasteiger partial charge in [-0.2, -0.15) is 5.10 Å². The molecule has 196 valence electrons. The molecule has 5 rings (SSSR count). The summed E-state index contributed by atoms with van der Waals surface area (Å²) in [7, 11) is 0. The molecule has 3 aliphatic heterocycles. The van der Waals surface area contributed by atoms with Crippen molar-refractivity contribution in [3.63, 3.8) is 0 Å². The van der Waals surface area contributed by atoms with Gasteiger partial charge in [0.25, 0.3) is 5.91 Å². The maximum atomic E-state index is 14.4. The molecule has 0 spiro atoms. The van der Waals surface area contributed by atoms with E-state index in [9.17, 15) is 22.8 Å². The lowest BCUT2D eigenvalue weighted by Crippen LogP contribution is -2.55. The molecule has 37 heavy (non-hydrogen) atoms. The largest absolute Gasteiger partial charge is 0.375 e. The van der Waals surface area contributed by atoms with Crippen LogP contribution in [0.15, 0.2) is 29.5 Å². The number of hydrogen-bond acceptors (Lipinski definition) is 7. The van der Waals surface area contributed by atoms with E-state index in [-0.39, 0.29) is 23.8 Å². The number of benzene rings is 1. The van der Waals surface area contributed by atoms with E-state index in [0.29, 0.717) is 57.9 Å². The first kappa shape index (κ1) is 24.9. The van der Waals surface area contributed by atoms with Crippen LogP contribution < -0.4 is 4.90 Å².